The minimum atomic E-state index is -0.611. The van der Waals surface area contributed by atoms with Crippen LogP contribution in [0.1, 0.15) is 13.8 Å². The molecule has 1 fully saturated rings. The topological polar surface area (TPSA) is 71.1 Å². The molecule has 1 aliphatic rings. The summed E-state index contributed by atoms with van der Waals surface area (Å²) in [5.41, 5.74) is 0. The lowest BCUT2D eigenvalue weighted by Crippen LogP contribution is -2.52. The third-order valence-electron chi connectivity index (χ3n) is 2.22. The lowest BCUT2D eigenvalue weighted by molar-refractivity contribution is -0.203. The zero-order chi connectivity index (χ0) is 12.1. The minimum Gasteiger partial charge on any atom is -0.456 e. The highest BCUT2D eigenvalue weighted by Gasteiger charge is 2.38. The number of esters is 2. The average molecular weight is 232 g/mol. The highest BCUT2D eigenvalue weighted by atomic mass is 16.6. The fraction of sp³-hybridized carbons (Fsp3) is 0.800. The van der Waals surface area contributed by atoms with Crippen LogP contribution in [0.2, 0.25) is 0 Å². The van der Waals surface area contributed by atoms with E-state index < -0.39 is 30.3 Å². The van der Waals surface area contributed by atoms with Crippen molar-refractivity contribution in [3.05, 3.63) is 0 Å². The molecule has 1 aliphatic heterocycles. The molecule has 6 nitrogen and oxygen atoms in total. The van der Waals surface area contributed by atoms with Crippen LogP contribution in [0.15, 0.2) is 0 Å². The van der Waals surface area contributed by atoms with Crippen molar-refractivity contribution in [3.63, 3.8) is 0 Å². The third kappa shape index (κ3) is 3.46. The largest absolute Gasteiger partial charge is 0.456 e. The van der Waals surface area contributed by atoms with Crippen molar-refractivity contribution in [2.24, 2.45) is 0 Å². The number of carbonyl (C=O) groups excluding carboxylic acids is 2. The first-order valence-corrected chi connectivity index (χ1v) is 4.99. The smallest absolute Gasteiger partial charge is 0.303 e. The monoisotopic (exact) mass is 232 g/mol. The summed E-state index contributed by atoms with van der Waals surface area (Å²) < 4.78 is 20.4. The maximum atomic E-state index is 10.9. The molecule has 0 unspecified atom stereocenters. The Labute approximate surface area is 93.8 Å². The molecule has 3 atom stereocenters. The standard InChI is InChI=1S/C10H16O6/c1-6(11)15-9-5-14-4-8(13-3)10(9)16-7(2)12/h8-10H,4-5H2,1-3H3/t8-,9-,10+/m1/s1. The van der Waals surface area contributed by atoms with Crippen molar-refractivity contribution in [1.82, 2.24) is 0 Å². The molecule has 0 spiro atoms. The predicted molar refractivity (Wildman–Crippen MR) is 52.7 cm³/mol. The van der Waals surface area contributed by atoms with Crippen molar-refractivity contribution in [2.45, 2.75) is 32.2 Å². The minimum absolute atomic E-state index is 0.206. The summed E-state index contributed by atoms with van der Waals surface area (Å²) in [4.78, 5) is 21.8. The quantitative estimate of drug-likeness (QED) is 0.632. The van der Waals surface area contributed by atoms with Crippen LogP contribution in [0.25, 0.3) is 0 Å². The first-order valence-electron chi connectivity index (χ1n) is 4.99. The zero-order valence-electron chi connectivity index (χ0n) is 9.60. The molecule has 1 saturated heterocycles. The van der Waals surface area contributed by atoms with Gasteiger partial charge in [-0.2, -0.15) is 0 Å². The van der Waals surface area contributed by atoms with Crippen molar-refractivity contribution >= 4 is 11.9 Å². The van der Waals surface area contributed by atoms with Crippen molar-refractivity contribution in [3.8, 4) is 0 Å². The Bertz CT molecular complexity index is 264. The summed E-state index contributed by atoms with van der Waals surface area (Å²) >= 11 is 0. The molecule has 0 radical (unpaired) electrons. The maximum absolute atomic E-state index is 10.9. The molecule has 0 aromatic heterocycles. The third-order valence-corrected chi connectivity index (χ3v) is 2.22. The fourth-order valence-corrected chi connectivity index (χ4v) is 1.59. The SMILES string of the molecule is CO[C@@H]1COC[C@@H](OC(C)=O)[C@H]1OC(C)=O. The van der Waals surface area contributed by atoms with E-state index in [1.807, 2.05) is 0 Å². The summed E-state index contributed by atoms with van der Waals surface area (Å²) in [5, 5.41) is 0. The van der Waals surface area contributed by atoms with Crippen molar-refractivity contribution in [1.29, 1.82) is 0 Å². The van der Waals surface area contributed by atoms with Gasteiger partial charge in [0.2, 0.25) is 0 Å². The van der Waals surface area contributed by atoms with E-state index in [2.05, 4.69) is 0 Å². The van der Waals surface area contributed by atoms with Crippen LogP contribution in [-0.4, -0.2) is 50.6 Å². The van der Waals surface area contributed by atoms with Gasteiger partial charge in [0.1, 0.15) is 6.10 Å². The number of rotatable bonds is 3. The lowest BCUT2D eigenvalue weighted by atomic mass is 10.1. The Morgan fingerprint density at radius 2 is 1.62 bits per heavy atom. The van der Waals surface area contributed by atoms with Crippen LogP contribution in [0.5, 0.6) is 0 Å². The Morgan fingerprint density at radius 1 is 1.06 bits per heavy atom. The van der Waals surface area contributed by atoms with Crippen LogP contribution < -0.4 is 0 Å². The second-order valence-corrected chi connectivity index (χ2v) is 3.53. The highest BCUT2D eigenvalue weighted by molar-refractivity contribution is 5.67. The molecule has 6 heteroatoms. The molecule has 1 rings (SSSR count). The second-order valence-electron chi connectivity index (χ2n) is 3.53. The molecule has 0 amide bonds. The van der Waals surface area contributed by atoms with Gasteiger partial charge in [-0.25, -0.2) is 0 Å². The number of hydrogen-bond acceptors (Lipinski definition) is 6. The molecule has 0 aromatic rings. The van der Waals surface area contributed by atoms with Gasteiger partial charge in [0.05, 0.1) is 13.2 Å². The molecule has 0 bridgehead atoms. The lowest BCUT2D eigenvalue weighted by Gasteiger charge is -2.35. The molecule has 0 saturated carbocycles. The summed E-state index contributed by atoms with van der Waals surface area (Å²) in [6.07, 6.45) is -1.64. The van der Waals surface area contributed by atoms with Gasteiger partial charge in [0.25, 0.3) is 0 Å². The van der Waals surface area contributed by atoms with E-state index in [0.29, 0.717) is 6.61 Å². The Balaban J connectivity index is 2.69. The molecule has 0 N–H and O–H groups in total. The zero-order valence-corrected chi connectivity index (χ0v) is 9.60. The Hall–Kier alpha value is -1.14. The molecular formula is C10H16O6. The van der Waals surface area contributed by atoms with Gasteiger partial charge in [-0.1, -0.05) is 0 Å². The van der Waals surface area contributed by atoms with Gasteiger partial charge in [-0.15, -0.1) is 0 Å². The summed E-state index contributed by atoms with van der Waals surface area (Å²) in [5.74, 6) is -0.881. The van der Waals surface area contributed by atoms with Crippen LogP contribution in [0.4, 0.5) is 0 Å². The molecule has 0 aliphatic carbocycles. The van der Waals surface area contributed by atoms with Crippen molar-refractivity contribution < 1.29 is 28.5 Å². The molecule has 92 valence electrons. The van der Waals surface area contributed by atoms with Crippen molar-refractivity contribution in [2.75, 3.05) is 20.3 Å². The maximum Gasteiger partial charge on any atom is 0.303 e. The van der Waals surface area contributed by atoms with E-state index in [1.165, 1.54) is 21.0 Å². The summed E-state index contributed by atoms with van der Waals surface area (Å²) in [6.45, 7) is 3.11. The number of methoxy groups -OCH3 is 1. The average Bonchev–Trinajstić information content (AvgIpc) is 2.19. The second kappa shape index (κ2) is 5.81. The first kappa shape index (κ1) is 12.9. The van der Waals surface area contributed by atoms with Gasteiger partial charge in [-0.3, -0.25) is 9.59 Å². The van der Waals surface area contributed by atoms with Crippen LogP contribution in [-0.2, 0) is 28.5 Å². The molecular weight excluding hydrogens is 216 g/mol. The molecule has 16 heavy (non-hydrogen) atoms. The van der Waals surface area contributed by atoms with Crippen LogP contribution >= 0.6 is 0 Å². The van der Waals surface area contributed by atoms with Gasteiger partial charge in [0, 0.05) is 21.0 Å². The van der Waals surface area contributed by atoms with E-state index in [0.717, 1.165) is 0 Å². The Morgan fingerprint density at radius 3 is 2.12 bits per heavy atom. The van der Waals surface area contributed by atoms with E-state index in [-0.39, 0.29) is 6.61 Å². The summed E-state index contributed by atoms with van der Waals surface area (Å²) in [7, 11) is 1.49. The number of carbonyl (C=O) groups is 2. The highest BCUT2D eigenvalue weighted by Crippen LogP contribution is 2.18. The van der Waals surface area contributed by atoms with Gasteiger partial charge < -0.3 is 18.9 Å². The normalized spacial score (nSPS) is 29.6. The van der Waals surface area contributed by atoms with Crippen LogP contribution in [0, 0.1) is 0 Å². The van der Waals surface area contributed by atoms with Crippen LogP contribution in [0.3, 0.4) is 0 Å². The number of hydrogen-bond donors (Lipinski definition) is 0. The molecule has 0 aromatic carbocycles. The Kier molecular flexibility index (Phi) is 4.70. The number of ether oxygens (including phenoxy) is 4. The first-order chi connectivity index (χ1) is 7.54. The molecule has 1 heterocycles. The summed E-state index contributed by atoms with van der Waals surface area (Å²) in [6, 6.07) is 0. The van der Waals surface area contributed by atoms with Gasteiger partial charge in [-0.05, 0) is 0 Å². The van der Waals surface area contributed by atoms with E-state index in [4.69, 9.17) is 18.9 Å². The van der Waals surface area contributed by atoms with E-state index in [1.54, 1.807) is 0 Å². The van der Waals surface area contributed by atoms with Gasteiger partial charge >= 0.3 is 11.9 Å². The van der Waals surface area contributed by atoms with Gasteiger partial charge in [0.15, 0.2) is 12.2 Å². The van der Waals surface area contributed by atoms with E-state index in [9.17, 15) is 9.59 Å². The predicted octanol–water partition coefficient (Wildman–Crippen LogP) is -0.105. The fourth-order valence-electron chi connectivity index (χ4n) is 1.59. The van der Waals surface area contributed by atoms with E-state index >= 15 is 0 Å².